The van der Waals surface area contributed by atoms with Crippen molar-refractivity contribution < 1.29 is 9.84 Å². The molecule has 82 valence electrons. The predicted octanol–water partition coefficient (Wildman–Crippen LogP) is 3.57. The van der Waals surface area contributed by atoms with Crippen molar-refractivity contribution in [2.45, 2.75) is 0 Å². The highest BCUT2D eigenvalue weighted by Crippen LogP contribution is 2.02. The van der Waals surface area contributed by atoms with Crippen molar-refractivity contribution in [3.63, 3.8) is 0 Å². The molecule has 0 fully saturated rings. The van der Waals surface area contributed by atoms with Gasteiger partial charge in [0.2, 0.25) is 0 Å². The van der Waals surface area contributed by atoms with Crippen molar-refractivity contribution in [3.8, 4) is 5.75 Å². The normalized spacial score (nSPS) is 9.75. The summed E-state index contributed by atoms with van der Waals surface area (Å²) in [7, 11) is 0. The molecule has 0 unspecified atom stereocenters. The molecule has 1 aliphatic rings. The molecule has 1 N–H and O–H groups in total. The summed E-state index contributed by atoms with van der Waals surface area (Å²) < 4.78 is 4.25. The summed E-state index contributed by atoms with van der Waals surface area (Å²) >= 11 is 0. The fraction of sp³-hybridized carbons (Fsp3) is 0. The Balaban J connectivity index is 0.000000129. The molecule has 0 spiro atoms. The van der Waals surface area contributed by atoms with Crippen LogP contribution in [0.2, 0.25) is 0 Å². The third kappa shape index (κ3) is 8.38. The summed E-state index contributed by atoms with van der Waals surface area (Å²) in [5, 5.41) is 8.63. The summed E-state index contributed by atoms with van der Waals surface area (Å²) in [4.78, 5) is 0. The van der Waals surface area contributed by atoms with Crippen LogP contribution in [0.1, 0.15) is 0 Å². The molecule has 0 amide bonds. The van der Waals surface area contributed by atoms with E-state index in [1.165, 1.54) is 0 Å². The molecular weight excluding hydrogens is 200 g/mol. The summed E-state index contributed by atoms with van der Waals surface area (Å²) in [5.41, 5.74) is 0. The maximum atomic E-state index is 8.63. The Kier molecular flexibility index (Phi) is 6.01. The summed E-state index contributed by atoms with van der Waals surface area (Å²) in [6, 6.07) is 20.7. The van der Waals surface area contributed by atoms with Gasteiger partial charge in [0.05, 0.1) is 0 Å². The third-order valence-corrected chi connectivity index (χ3v) is 1.56. The zero-order valence-corrected chi connectivity index (χ0v) is 8.86. The SMILES string of the molecule is C1=CO1.Oc1ccccc1.c1ccccc1. The summed E-state index contributed by atoms with van der Waals surface area (Å²) in [6.45, 7) is 0. The van der Waals surface area contributed by atoms with E-state index in [2.05, 4.69) is 4.74 Å². The van der Waals surface area contributed by atoms with Crippen LogP contribution in [0, 0.1) is 0 Å². The zero-order valence-electron chi connectivity index (χ0n) is 8.86. The first kappa shape index (κ1) is 11.9. The molecule has 0 saturated heterocycles. The molecule has 0 aliphatic carbocycles. The third-order valence-electron chi connectivity index (χ3n) is 1.56. The number of ether oxygens (including phenoxy) is 1. The van der Waals surface area contributed by atoms with Crippen LogP contribution in [-0.4, -0.2) is 5.11 Å². The Bertz CT molecular complexity index is 351. The average Bonchev–Trinajstić information content (AvgIpc) is 3.21. The highest BCUT2D eigenvalue weighted by atomic mass is 16.5. The van der Waals surface area contributed by atoms with Gasteiger partial charge in [-0.3, -0.25) is 0 Å². The molecule has 0 radical (unpaired) electrons. The molecule has 0 saturated carbocycles. The predicted molar refractivity (Wildman–Crippen MR) is 64.8 cm³/mol. The number of hydrogen-bond acceptors (Lipinski definition) is 2. The van der Waals surface area contributed by atoms with Crippen molar-refractivity contribution in [1.82, 2.24) is 0 Å². The Morgan fingerprint density at radius 1 is 0.625 bits per heavy atom. The van der Waals surface area contributed by atoms with Gasteiger partial charge in [-0.2, -0.15) is 0 Å². The van der Waals surface area contributed by atoms with Gasteiger partial charge in [0.15, 0.2) is 0 Å². The molecule has 0 bridgehead atoms. The van der Waals surface area contributed by atoms with E-state index in [1.54, 1.807) is 36.8 Å². The van der Waals surface area contributed by atoms with Crippen LogP contribution in [0.25, 0.3) is 0 Å². The quantitative estimate of drug-likeness (QED) is 0.727. The monoisotopic (exact) mass is 214 g/mol. The lowest BCUT2D eigenvalue weighted by atomic mass is 10.3. The van der Waals surface area contributed by atoms with Gasteiger partial charge in [-0.05, 0) is 12.1 Å². The summed E-state index contributed by atoms with van der Waals surface area (Å²) in [6.07, 6.45) is 3.25. The Morgan fingerprint density at radius 2 is 0.938 bits per heavy atom. The van der Waals surface area contributed by atoms with Crippen LogP contribution < -0.4 is 0 Å². The molecule has 2 nitrogen and oxygen atoms in total. The fourth-order valence-corrected chi connectivity index (χ4v) is 0.813. The molecule has 16 heavy (non-hydrogen) atoms. The van der Waals surface area contributed by atoms with Gasteiger partial charge in [-0.25, -0.2) is 0 Å². The van der Waals surface area contributed by atoms with Gasteiger partial charge in [-0.15, -0.1) is 0 Å². The number of benzene rings is 2. The highest BCUT2D eigenvalue weighted by Gasteiger charge is 1.75. The Labute approximate surface area is 95.4 Å². The van der Waals surface area contributed by atoms with E-state index in [1.807, 2.05) is 42.5 Å². The van der Waals surface area contributed by atoms with Crippen LogP contribution in [0.15, 0.2) is 79.3 Å². The van der Waals surface area contributed by atoms with Crippen LogP contribution in [0.5, 0.6) is 5.75 Å². The van der Waals surface area contributed by atoms with Gasteiger partial charge >= 0.3 is 0 Å². The molecule has 0 aromatic heterocycles. The van der Waals surface area contributed by atoms with Gasteiger partial charge in [0.25, 0.3) is 0 Å². The van der Waals surface area contributed by atoms with E-state index in [4.69, 9.17) is 5.11 Å². The molecule has 1 aliphatic heterocycles. The average molecular weight is 214 g/mol. The largest absolute Gasteiger partial charge is 0.508 e. The molecule has 3 rings (SSSR count). The molecule has 1 heterocycles. The second-order valence-electron chi connectivity index (χ2n) is 2.90. The fourth-order valence-electron chi connectivity index (χ4n) is 0.813. The smallest absolute Gasteiger partial charge is 0.125 e. The lowest BCUT2D eigenvalue weighted by molar-refractivity contribution is 0.475. The van der Waals surface area contributed by atoms with Crippen LogP contribution in [-0.2, 0) is 4.74 Å². The molecule has 0 atom stereocenters. The van der Waals surface area contributed by atoms with Gasteiger partial charge in [0.1, 0.15) is 18.3 Å². The number of hydrogen-bond donors (Lipinski definition) is 1. The zero-order chi connectivity index (χ0) is 11.5. The number of phenolic OH excluding ortho intramolecular Hbond substituents is 1. The van der Waals surface area contributed by atoms with Gasteiger partial charge in [-0.1, -0.05) is 54.6 Å². The van der Waals surface area contributed by atoms with E-state index in [9.17, 15) is 0 Å². The van der Waals surface area contributed by atoms with E-state index in [0.717, 1.165) is 0 Å². The summed E-state index contributed by atoms with van der Waals surface area (Å²) in [5.74, 6) is 0.322. The maximum absolute atomic E-state index is 8.63. The number of para-hydroxylation sites is 1. The lowest BCUT2D eigenvalue weighted by Crippen LogP contribution is -1.56. The standard InChI is InChI=1S/C6H6O.C6H6.C2H2O/c7-6-4-2-1-3-5-6;1-2-4-6-5-3-1;1-2-3-1/h1-5,7H;1-6H;1-2H. The van der Waals surface area contributed by atoms with Crippen molar-refractivity contribution in [2.75, 3.05) is 0 Å². The number of aromatic hydroxyl groups is 1. The molecule has 2 aromatic rings. The molecular formula is C14H14O2. The number of rotatable bonds is 0. The minimum Gasteiger partial charge on any atom is -0.508 e. The van der Waals surface area contributed by atoms with Gasteiger partial charge < -0.3 is 9.84 Å². The van der Waals surface area contributed by atoms with Crippen molar-refractivity contribution in [2.24, 2.45) is 0 Å². The molecule has 2 aromatic carbocycles. The Morgan fingerprint density at radius 3 is 1.12 bits per heavy atom. The van der Waals surface area contributed by atoms with E-state index in [0.29, 0.717) is 5.75 Å². The van der Waals surface area contributed by atoms with E-state index >= 15 is 0 Å². The van der Waals surface area contributed by atoms with E-state index < -0.39 is 0 Å². The van der Waals surface area contributed by atoms with Crippen LogP contribution in [0.4, 0.5) is 0 Å². The van der Waals surface area contributed by atoms with Gasteiger partial charge in [0, 0.05) is 0 Å². The van der Waals surface area contributed by atoms with E-state index in [-0.39, 0.29) is 0 Å². The first-order valence-electron chi connectivity index (χ1n) is 4.94. The topological polar surface area (TPSA) is 32.8 Å². The number of phenols is 1. The first-order chi connectivity index (χ1) is 7.89. The minimum atomic E-state index is 0.322. The second kappa shape index (κ2) is 8.12. The second-order valence-corrected chi connectivity index (χ2v) is 2.90. The van der Waals surface area contributed by atoms with Crippen LogP contribution in [0.3, 0.4) is 0 Å². The van der Waals surface area contributed by atoms with Crippen molar-refractivity contribution in [3.05, 3.63) is 79.3 Å². The highest BCUT2D eigenvalue weighted by molar-refractivity contribution is 5.18. The lowest BCUT2D eigenvalue weighted by Gasteiger charge is -1.82. The van der Waals surface area contributed by atoms with Crippen molar-refractivity contribution >= 4 is 0 Å². The minimum absolute atomic E-state index is 0.322. The first-order valence-corrected chi connectivity index (χ1v) is 4.94. The Hall–Kier alpha value is -2.22. The van der Waals surface area contributed by atoms with Crippen LogP contribution >= 0.6 is 0 Å². The van der Waals surface area contributed by atoms with Crippen molar-refractivity contribution in [1.29, 1.82) is 0 Å². The maximum Gasteiger partial charge on any atom is 0.125 e. The molecule has 2 heteroatoms.